The van der Waals surface area contributed by atoms with E-state index in [1.807, 2.05) is 6.20 Å². The third-order valence-corrected chi connectivity index (χ3v) is 5.11. The van der Waals surface area contributed by atoms with Gasteiger partial charge < -0.3 is 5.11 Å². The summed E-state index contributed by atoms with van der Waals surface area (Å²) >= 11 is 3.86. The van der Waals surface area contributed by atoms with E-state index in [1.54, 1.807) is 11.3 Å². The van der Waals surface area contributed by atoms with Gasteiger partial charge in [-0.1, -0.05) is 6.42 Å². The van der Waals surface area contributed by atoms with Crippen LogP contribution in [0, 0.1) is 0 Å². The number of aromatic nitrogens is 1. The van der Waals surface area contributed by atoms with Gasteiger partial charge in [-0.05, 0) is 18.6 Å². The standard InChI is InChI=1S/C11H17NOS2/c13-5-4-10-8-12-11(15-10)7-9-3-1-2-6-14-9/h8-9,13H,1-7H2. The molecule has 1 atom stereocenters. The van der Waals surface area contributed by atoms with Crippen molar-refractivity contribution in [3.05, 3.63) is 16.1 Å². The minimum Gasteiger partial charge on any atom is -0.396 e. The molecule has 2 nitrogen and oxygen atoms in total. The molecule has 0 spiro atoms. The van der Waals surface area contributed by atoms with Gasteiger partial charge in [0.05, 0.1) is 5.01 Å². The molecule has 0 amide bonds. The summed E-state index contributed by atoms with van der Waals surface area (Å²) < 4.78 is 0. The highest BCUT2D eigenvalue weighted by atomic mass is 32.2. The molecular weight excluding hydrogens is 226 g/mol. The fourth-order valence-electron chi connectivity index (χ4n) is 1.83. The topological polar surface area (TPSA) is 33.1 Å². The zero-order valence-corrected chi connectivity index (χ0v) is 10.4. The molecule has 1 unspecified atom stereocenters. The summed E-state index contributed by atoms with van der Waals surface area (Å²) in [5.41, 5.74) is 0. The molecule has 0 aromatic carbocycles. The van der Waals surface area contributed by atoms with Crippen molar-refractivity contribution in [3.8, 4) is 0 Å². The molecule has 1 aliphatic rings. The van der Waals surface area contributed by atoms with E-state index in [2.05, 4.69) is 16.7 Å². The van der Waals surface area contributed by atoms with Crippen LogP contribution in [0.25, 0.3) is 0 Å². The fourth-order valence-corrected chi connectivity index (χ4v) is 4.24. The van der Waals surface area contributed by atoms with Crippen LogP contribution in [-0.4, -0.2) is 27.7 Å². The first kappa shape index (κ1) is 11.4. The minimum absolute atomic E-state index is 0.236. The van der Waals surface area contributed by atoms with E-state index in [-0.39, 0.29) is 6.61 Å². The monoisotopic (exact) mass is 243 g/mol. The van der Waals surface area contributed by atoms with Gasteiger partial charge in [0.15, 0.2) is 0 Å². The lowest BCUT2D eigenvalue weighted by Gasteiger charge is -2.19. The predicted molar refractivity (Wildman–Crippen MR) is 66.7 cm³/mol. The SMILES string of the molecule is OCCc1cnc(CC2CCCCS2)s1. The minimum atomic E-state index is 0.236. The molecule has 2 rings (SSSR count). The van der Waals surface area contributed by atoms with Gasteiger partial charge in [0, 0.05) is 35.8 Å². The first-order valence-corrected chi connectivity index (χ1v) is 7.41. The number of hydrogen-bond donors (Lipinski definition) is 1. The summed E-state index contributed by atoms with van der Waals surface area (Å²) in [4.78, 5) is 5.64. The summed E-state index contributed by atoms with van der Waals surface area (Å²) in [6, 6.07) is 0. The van der Waals surface area contributed by atoms with Gasteiger partial charge >= 0.3 is 0 Å². The quantitative estimate of drug-likeness (QED) is 0.882. The van der Waals surface area contributed by atoms with Crippen LogP contribution in [0.15, 0.2) is 6.20 Å². The van der Waals surface area contributed by atoms with Crippen molar-refractivity contribution in [2.75, 3.05) is 12.4 Å². The van der Waals surface area contributed by atoms with Gasteiger partial charge in [-0.25, -0.2) is 4.98 Å². The molecule has 1 aromatic rings. The number of aliphatic hydroxyl groups is 1. The second kappa shape index (κ2) is 5.87. The largest absolute Gasteiger partial charge is 0.396 e. The number of aliphatic hydroxyl groups excluding tert-OH is 1. The maximum Gasteiger partial charge on any atom is 0.0938 e. The molecule has 0 radical (unpaired) electrons. The highest BCUT2D eigenvalue weighted by molar-refractivity contribution is 7.99. The summed E-state index contributed by atoms with van der Waals surface area (Å²) in [7, 11) is 0. The lowest BCUT2D eigenvalue weighted by Crippen LogP contribution is -2.12. The van der Waals surface area contributed by atoms with E-state index >= 15 is 0 Å². The average molecular weight is 243 g/mol. The first-order valence-electron chi connectivity index (χ1n) is 5.54. The highest BCUT2D eigenvalue weighted by Gasteiger charge is 2.15. The van der Waals surface area contributed by atoms with Crippen LogP contribution in [0.4, 0.5) is 0 Å². The highest BCUT2D eigenvalue weighted by Crippen LogP contribution is 2.29. The summed E-state index contributed by atoms with van der Waals surface area (Å²) in [6.45, 7) is 0.236. The Hall–Kier alpha value is -0.0600. The van der Waals surface area contributed by atoms with Crippen LogP contribution in [0.2, 0.25) is 0 Å². The van der Waals surface area contributed by atoms with Gasteiger partial charge in [-0.3, -0.25) is 0 Å². The van der Waals surface area contributed by atoms with Crippen LogP contribution < -0.4 is 0 Å². The summed E-state index contributed by atoms with van der Waals surface area (Å²) in [5, 5.41) is 10.9. The Kier molecular flexibility index (Phi) is 4.47. The molecule has 1 saturated heterocycles. The van der Waals surface area contributed by atoms with E-state index < -0.39 is 0 Å². The molecular formula is C11H17NOS2. The Balaban J connectivity index is 1.86. The lowest BCUT2D eigenvalue weighted by atomic mass is 10.1. The van der Waals surface area contributed by atoms with Crippen molar-refractivity contribution in [1.82, 2.24) is 4.98 Å². The number of nitrogens with zero attached hydrogens (tertiary/aromatic N) is 1. The summed E-state index contributed by atoms with van der Waals surface area (Å²) in [5.74, 6) is 1.32. The Morgan fingerprint density at radius 3 is 3.13 bits per heavy atom. The molecule has 0 aliphatic carbocycles. The maximum absolute atomic E-state index is 8.83. The third-order valence-electron chi connectivity index (χ3n) is 2.64. The number of thiazole rings is 1. The molecule has 84 valence electrons. The molecule has 1 fully saturated rings. The van der Waals surface area contributed by atoms with Crippen molar-refractivity contribution in [3.63, 3.8) is 0 Å². The van der Waals surface area contributed by atoms with Crippen LogP contribution in [-0.2, 0) is 12.8 Å². The second-order valence-corrected chi connectivity index (χ2v) is 6.49. The predicted octanol–water partition coefficient (Wildman–Crippen LogP) is 2.51. The Morgan fingerprint density at radius 1 is 1.47 bits per heavy atom. The van der Waals surface area contributed by atoms with E-state index in [0.717, 1.165) is 18.1 Å². The van der Waals surface area contributed by atoms with E-state index in [4.69, 9.17) is 5.11 Å². The second-order valence-electron chi connectivity index (χ2n) is 3.89. The smallest absolute Gasteiger partial charge is 0.0938 e. The zero-order chi connectivity index (χ0) is 10.5. The Morgan fingerprint density at radius 2 is 2.40 bits per heavy atom. The normalized spacial score (nSPS) is 21.8. The van der Waals surface area contributed by atoms with Gasteiger partial charge in [-0.15, -0.1) is 11.3 Å². The van der Waals surface area contributed by atoms with Gasteiger partial charge in [0.25, 0.3) is 0 Å². The van der Waals surface area contributed by atoms with Crippen LogP contribution >= 0.6 is 23.1 Å². The maximum atomic E-state index is 8.83. The van der Waals surface area contributed by atoms with Crippen molar-refractivity contribution >= 4 is 23.1 Å². The van der Waals surface area contributed by atoms with E-state index in [0.29, 0.717) is 0 Å². The molecule has 2 heterocycles. The number of hydrogen-bond acceptors (Lipinski definition) is 4. The lowest BCUT2D eigenvalue weighted by molar-refractivity contribution is 0.300. The van der Waals surface area contributed by atoms with Crippen molar-refractivity contribution in [2.45, 2.75) is 37.4 Å². The van der Waals surface area contributed by atoms with Crippen LogP contribution in [0.1, 0.15) is 29.1 Å². The van der Waals surface area contributed by atoms with E-state index in [1.165, 1.54) is 34.9 Å². The van der Waals surface area contributed by atoms with Crippen LogP contribution in [0.3, 0.4) is 0 Å². The first-order chi connectivity index (χ1) is 7.38. The zero-order valence-electron chi connectivity index (χ0n) is 8.82. The molecule has 15 heavy (non-hydrogen) atoms. The van der Waals surface area contributed by atoms with Gasteiger partial charge in [0.2, 0.25) is 0 Å². The molecule has 1 aromatic heterocycles. The molecule has 1 aliphatic heterocycles. The van der Waals surface area contributed by atoms with E-state index in [9.17, 15) is 0 Å². The third kappa shape index (κ3) is 3.47. The van der Waals surface area contributed by atoms with Crippen molar-refractivity contribution in [2.24, 2.45) is 0 Å². The molecule has 4 heteroatoms. The number of rotatable bonds is 4. The summed E-state index contributed by atoms with van der Waals surface area (Å²) in [6.07, 6.45) is 7.92. The molecule has 1 N–H and O–H groups in total. The van der Waals surface area contributed by atoms with Crippen molar-refractivity contribution < 1.29 is 5.11 Å². The fraction of sp³-hybridized carbons (Fsp3) is 0.727. The Labute approximate surface area is 99.1 Å². The average Bonchev–Trinajstić information content (AvgIpc) is 2.68. The van der Waals surface area contributed by atoms with Gasteiger partial charge in [0.1, 0.15) is 0 Å². The van der Waals surface area contributed by atoms with Gasteiger partial charge in [-0.2, -0.15) is 11.8 Å². The van der Waals surface area contributed by atoms with Crippen LogP contribution in [0.5, 0.6) is 0 Å². The molecule has 0 bridgehead atoms. The molecule has 0 saturated carbocycles. The Bertz CT molecular complexity index is 295. The van der Waals surface area contributed by atoms with Crippen molar-refractivity contribution in [1.29, 1.82) is 0 Å². The number of thioether (sulfide) groups is 1.